The largest absolute Gasteiger partial charge is 0.296 e. The van der Waals surface area contributed by atoms with Gasteiger partial charge in [0.05, 0.1) is 11.6 Å². The van der Waals surface area contributed by atoms with Crippen molar-refractivity contribution in [1.82, 2.24) is 15.1 Å². The van der Waals surface area contributed by atoms with Crippen molar-refractivity contribution in [3.8, 4) is 6.07 Å². The Morgan fingerprint density at radius 1 is 1.33 bits per heavy atom. The highest BCUT2D eigenvalue weighted by Crippen LogP contribution is 2.31. The molecule has 0 radical (unpaired) electrons. The third-order valence-corrected chi connectivity index (χ3v) is 4.48. The van der Waals surface area contributed by atoms with Gasteiger partial charge in [-0.3, -0.25) is 10.00 Å². The molecule has 0 unspecified atom stereocenters. The van der Waals surface area contributed by atoms with Crippen LogP contribution in [0.3, 0.4) is 0 Å². The quantitative estimate of drug-likeness (QED) is 0.939. The average molecular weight is 280 g/mol. The fourth-order valence-corrected chi connectivity index (χ4v) is 3.15. The van der Waals surface area contributed by atoms with Gasteiger partial charge in [0, 0.05) is 30.4 Å². The number of hydrogen-bond donors (Lipinski definition) is 1. The van der Waals surface area contributed by atoms with Crippen LogP contribution in [0.25, 0.3) is 0 Å². The molecule has 1 aromatic carbocycles. The van der Waals surface area contributed by atoms with Crippen LogP contribution in [-0.2, 0) is 0 Å². The number of rotatable bonds is 3. The maximum atomic E-state index is 8.89. The first-order valence-electron chi connectivity index (χ1n) is 7.51. The number of benzene rings is 1. The van der Waals surface area contributed by atoms with Crippen LogP contribution >= 0.6 is 0 Å². The van der Waals surface area contributed by atoms with Crippen molar-refractivity contribution in [2.24, 2.45) is 0 Å². The monoisotopic (exact) mass is 280 g/mol. The van der Waals surface area contributed by atoms with Crippen LogP contribution in [0, 0.1) is 11.3 Å². The van der Waals surface area contributed by atoms with E-state index in [9.17, 15) is 0 Å². The Kier molecular flexibility index (Phi) is 4.03. The molecule has 4 nitrogen and oxygen atoms in total. The summed E-state index contributed by atoms with van der Waals surface area (Å²) in [6.45, 7) is 4.44. The highest BCUT2D eigenvalue weighted by Gasteiger charge is 2.25. The number of nitriles is 1. The molecule has 0 spiro atoms. The molecule has 0 saturated carbocycles. The van der Waals surface area contributed by atoms with E-state index in [1.54, 1.807) is 0 Å². The predicted octanol–water partition coefficient (Wildman–Crippen LogP) is 3.22. The lowest BCUT2D eigenvalue weighted by atomic mass is 9.92. The molecule has 3 rings (SSSR count). The van der Waals surface area contributed by atoms with E-state index in [0.29, 0.717) is 12.0 Å². The molecule has 1 fully saturated rings. The van der Waals surface area contributed by atoms with Gasteiger partial charge in [0.2, 0.25) is 0 Å². The van der Waals surface area contributed by atoms with Crippen molar-refractivity contribution in [2.45, 2.75) is 31.7 Å². The van der Waals surface area contributed by atoms with Crippen molar-refractivity contribution >= 4 is 0 Å². The molecular formula is C17H20N4. The second-order valence-corrected chi connectivity index (χ2v) is 5.76. The molecule has 1 aliphatic rings. The molecule has 1 saturated heterocycles. The van der Waals surface area contributed by atoms with E-state index in [-0.39, 0.29) is 0 Å². The third kappa shape index (κ3) is 2.98. The van der Waals surface area contributed by atoms with Gasteiger partial charge in [-0.2, -0.15) is 10.4 Å². The van der Waals surface area contributed by atoms with Gasteiger partial charge in [0.1, 0.15) is 0 Å². The molecule has 21 heavy (non-hydrogen) atoms. The van der Waals surface area contributed by atoms with Crippen LogP contribution in [0.5, 0.6) is 0 Å². The van der Waals surface area contributed by atoms with Crippen LogP contribution in [-0.4, -0.2) is 28.2 Å². The van der Waals surface area contributed by atoms with Gasteiger partial charge >= 0.3 is 0 Å². The Labute approximate surface area is 125 Å². The maximum Gasteiger partial charge on any atom is 0.0991 e. The van der Waals surface area contributed by atoms with Gasteiger partial charge in [-0.1, -0.05) is 12.1 Å². The van der Waals surface area contributed by atoms with Crippen LogP contribution in [0.15, 0.2) is 36.5 Å². The maximum absolute atomic E-state index is 8.89. The molecule has 0 amide bonds. The van der Waals surface area contributed by atoms with E-state index in [1.165, 1.54) is 24.1 Å². The second kappa shape index (κ2) is 6.11. The molecule has 108 valence electrons. The molecule has 2 aromatic rings. The normalized spacial score (nSPS) is 20.9. The standard InChI is InChI=1S/C17H20N4/c1-13(15-6-4-14(11-18)5-7-15)21-10-2-3-16(12-21)17-8-9-19-20-17/h4-9,13,16H,2-3,10,12H2,1H3,(H,19,20)/t13-,16-/m1/s1. The molecule has 1 N–H and O–H groups in total. The molecular weight excluding hydrogens is 260 g/mol. The number of piperidine rings is 1. The summed E-state index contributed by atoms with van der Waals surface area (Å²) in [5.41, 5.74) is 3.24. The van der Waals surface area contributed by atoms with Crippen molar-refractivity contribution < 1.29 is 0 Å². The summed E-state index contributed by atoms with van der Waals surface area (Å²) in [6.07, 6.45) is 4.27. The van der Waals surface area contributed by atoms with Crippen molar-refractivity contribution in [1.29, 1.82) is 5.26 Å². The molecule has 1 aliphatic heterocycles. The zero-order chi connectivity index (χ0) is 14.7. The minimum Gasteiger partial charge on any atom is -0.296 e. The predicted molar refractivity (Wildman–Crippen MR) is 81.7 cm³/mol. The second-order valence-electron chi connectivity index (χ2n) is 5.76. The Hall–Kier alpha value is -2.12. The molecule has 4 heteroatoms. The Bertz CT molecular complexity index is 609. The van der Waals surface area contributed by atoms with Crippen LogP contribution in [0.2, 0.25) is 0 Å². The topological polar surface area (TPSA) is 55.7 Å². The lowest BCUT2D eigenvalue weighted by molar-refractivity contribution is 0.157. The molecule has 0 aliphatic carbocycles. The SMILES string of the molecule is C[C@H](c1ccc(C#N)cc1)N1CCC[C@@H](c2ccn[nH]2)C1. The lowest BCUT2D eigenvalue weighted by Crippen LogP contribution is -2.36. The van der Waals surface area contributed by atoms with Crippen molar-refractivity contribution in [3.63, 3.8) is 0 Å². The van der Waals surface area contributed by atoms with Gasteiger partial charge in [0.25, 0.3) is 0 Å². The number of aromatic amines is 1. The minimum absolute atomic E-state index is 0.378. The molecule has 2 heterocycles. The summed E-state index contributed by atoms with van der Waals surface area (Å²) in [6, 6.07) is 12.6. The van der Waals surface area contributed by atoms with E-state index >= 15 is 0 Å². The van der Waals surface area contributed by atoms with E-state index in [2.05, 4.69) is 46.3 Å². The Morgan fingerprint density at radius 3 is 2.81 bits per heavy atom. The molecule has 1 aromatic heterocycles. The molecule has 2 atom stereocenters. The van der Waals surface area contributed by atoms with Gasteiger partial charge < -0.3 is 0 Å². The third-order valence-electron chi connectivity index (χ3n) is 4.48. The Morgan fingerprint density at radius 2 is 2.14 bits per heavy atom. The number of H-pyrrole nitrogens is 1. The number of aromatic nitrogens is 2. The van der Waals surface area contributed by atoms with Gasteiger partial charge in [-0.15, -0.1) is 0 Å². The van der Waals surface area contributed by atoms with Gasteiger partial charge in [0.15, 0.2) is 0 Å². The van der Waals surface area contributed by atoms with Gasteiger partial charge in [-0.05, 0) is 50.1 Å². The first-order valence-corrected chi connectivity index (χ1v) is 7.51. The smallest absolute Gasteiger partial charge is 0.0991 e. The number of nitrogens with zero attached hydrogens (tertiary/aromatic N) is 3. The van der Waals surface area contributed by atoms with Crippen LogP contribution in [0.1, 0.15) is 48.5 Å². The van der Waals surface area contributed by atoms with Gasteiger partial charge in [-0.25, -0.2) is 0 Å². The fourth-order valence-electron chi connectivity index (χ4n) is 3.15. The lowest BCUT2D eigenvalue weighted by Gasteiger charge is -2.36. The summed E-state index contributed by atoms with van der Waals surface area (Å²) < 4.78 is 0. The summed E-state index contributed by atoms with van der Waals surface area (Å²) in [7, 11) is 0. The van der Waals surface area contributed by atoms with E-state index < -0.39 is 0 Å². The summed E-state index contributed by atoms with van der Waals surface area (Å²) >= 11 is 0. The number of hydrogen-bond acceptors (Lipinski definition) is 3. The fraction of sp³-hybridized carbons (Fsp3) is 0.412. The molecule has 0 bridgehead atoms. The van der Waals surface area contributed by atoms with E-state index in [0.717, 1.165) is 18.7 Å². The zero-order valence-electron chi connectivity index (χ0n) is 12.3. The van der Waals surface area contributed by atoms with Crippen LogP contribution in [0.4, 0.5) is 0 Å². The first-order chi connectivity index (χ1) is 10.3. The van der Waals surface area contributed by atoms with Crippen molar-refractivity contribution in [2.75, 3.05) is 13.1 Å². The highest BCUT2D eigenvalue weighted by atomic mass is 15.2. The number of likely N-dealkylation sites (tertiary alicyclic amines) is 1. The average Bonchev–Trinajstić information content (AvgIpc) is 3.09. The first kappa shape index (κ1) is 13.8. The Balaban J connectivity index is 1.71. The summed E-state index contributed by atoms with van der Waals surface area (Å²) in [5.74, 6) is 0.544. The minimum atomic E-state index is 0.378. The van der Waals surface area contributed by atoms with E-state index in [4.69, 9.17) is 5.26 Å². The zero-order valence-corrected chi connectivity index (χ0v) is 12.3. The highest BCUT2D eigenvalue weighted by molar-refractivity contribution is 5.32. The summed E-state index contributed by atoms with van der Waals surface area (Å²) in [5, 5.41) is 16.1. The van der Waals surface area contributed by atoms with E-state index in [1.807, 2.05) is 18.3 Å². The summed E-state index contributed by atoms with van der Waals surface area (Å²) in [4.78, 5) is 2.52. The number of nitrogens with one attached hydrogen (secondary N) is 1. The van der Waals surface area contributed by atoms with Crippen LogP contribution < -0.4 is 0 Å². The van der Waals surface area contributed by atoms with Crippen molar-refractivity contribution in [3.05, 3.63) is 53.3 Å².